The molecule has 0 aliphatic carbocycles. The summed E-state index contributed by atoms with van der Waals surface area (Å²) in [6.45, 7) is 3.92. The van der Waals surface area contributed by atoms with E-state index in [0.717, 1.165) is 37.3 Å². The molecular weight excluding hydrogens is 358 g/mol. The van der Waals surface area contributed by atoms with Crippen molar-refractivity contribution in [1.82, 2.24) is 9.80 Å². The maximum atomic E-state index is 13.3. The van der Waals surface area contributed by atoms with Crippen molar-refractivity contribution in [3.63, 3.8) is 0 Å². The second-order valence-corrected chi connectivity index (χ2v) is 7.88. The zero-order chi connectivity index (χ0) is 18.3. The molecule has 2 aromatic rings. The van der Waals surface area contributed by atoms with Gasteiger partial charge in [0.15, 0.2) is 11.6 Å². The third-order valence-corrected chi connectivity index (χ3v) is 5.43. The van der Waals surface area contributed by atoms with Crippen molar-refractivity contribution in [3.05, 3.63) is 70.2 Å². The van der Waals surface area contributed by atoms with Crippen molar-refractivity contribution in [3.8, 4) is 0 Å². The standard InChI is InChI=1S/C20H19ClF2N2O/c21-16-4-1-14(2-5-16)8-19(26)25-12-20(13-25)10-24(11-20)9-15-3-6-17(22)18(23)7-15/h1-7H,8-13H2. The van der Waals surface area contributed by atoms with E-state index in [4.69, 9.17) is 11.6 Å². The van der Waals surface area contributed by atoms with E-state index in [-0.39, 0.29) is 11.3 Å². The molecule has 6 heteroatoms. The van der Waals surface area contributed by atoms with Crippen LogP contribution >= 0.6 is 11.6 Å². The lowest BCUT2D eigenvalue weighted by Gasteiger charge is -2.60. The minimum absolute atomic E-state index is 0.136. The number of carbonyl (C=O) groups excluding carboxylic acids is 1. The molecule has 3 nitrogen and oxygen atoms in total. The summed E-state index contributed by atoms with van der Waals surface area (Å²) in [5.41, 5.74) is 1.91. The Balaban J connectivity index is 1.24. The highest BCUT2D eigenvalue weighted by molar-refractivity contribution is 6.30. The topological polar surface area (TPSA) is 23.6 Å². The van der Waals surface area contributed by atoms with Crippen molar-refractivity contribution in [2.75, 3.05) is 26.2 Å². The zero-order valence-electron chi connectivity index (χ0n) is 14.2. The van der Waals surface area contributed by atoms with Crippen LogP contribution in [0.15, 0.2) is 42.5 Å². The number of halogens is 3. The number of rotatable bonds is 4. The molecule has 2 heterocycles. The van der Waals surface area contributed by atoms with E-state index in [9.17, 15) is 13.6 Å². The summed E-state index contributed by atoms with van der Waals surface area (Å²) in [7, 11) is 0. The Morgan fingerprint density at radius 3 is 2.27 bits per heavy atom. The van der Waals surface area contributed by atoms with Crippen LogP contribution in [0.2, 0.25) is 5.02 Å². The summed E-state index contributed by atoms with van der Waals surface area (Å²) >= 11 is 5.86. The summed E-state index contributed by atoms with van der Waals surface area (Å²) in [6.07, 6.45) is 0.395. The summed E-state index contributed by atoms with van der Waals surface area (Å²) in [4.78, 5) is 16.4. The van der Waals surface area contributed by atoms with Crippen LogP contribution in [0.1, 0.15) is 11.1 Å². The normalized spacial score (nSPS) is 18.5. The minimum Gasteiger partial charge on any atom is -0.341 e. The van der Waals surface area contributed by atoms with Gasteiger partial charge in [-0.1, -0.05) is 29.8 Å². The fraction of sp³-hybridized carbons (Fsp3) is 0.350. The molecule has 4 rings (SSSR count). The molecule has 0 unspecified atom stereocenters. The molecule has 2 saturated heterocycles. The lowest BCUT2D eigenvalue weighted by Crippen LogP contribution is -2.72. The van der Waals surface area contributed by atoms with E-state index in [1.54, 1.807) is 18.2 Å². The Morgan fingerprint density at radius 2 is 1.62 bits per heavy atom. The van der Waals surface area contributed by atoms with E-state index in [1.807, 2.05) is 17.0 Å². The predicted octanol–water partition coefficient (Wildman–Crippen LogP) is 3.51. The number of carbonyl (C=O) groups is 1. The first-order valence-electron chi connectivity index (χ1n) is 8.61. The zero-order valence-corrected chi connectivity index (χ0v) is 15.0. The van der Waals surface area contributed by atoms with Gasteiger partial charge in [0.05, 0.1) is 6.42 Å². The Labute approximate surface area is 156 Å². The fourth-order valence-corrected chi connectivity index (χ4v) is 4.06. The highest BCUT2D eigenvalue weighted by Crippen LogP contribution is 2.40. The molecule has 2 fully saturated rings. The van der Waals surface area contributed by atoms with Crippen LogP contribution in [0.5, 0.6) is 0 Å². The monoisotopic (exact) mass is 376 g/mol. The molecule has 2 aliphatic heterocycles. The van der Waals surface area contributed by atoms with Crippen LogP contribution in [0, 0.1) is 17.0 Å². The smallest absolute Gasteiger partial charge is 0.227 e. The van der Waals surface area contributed by atoms with Gasteiger partial charge in [-0.15, -0.1) is 0 Å². The van der Waals surface area contributed by atoms with E-state index < -0.39 is 11.6 Å². The van der Waals surface area contributed by atoms with Crippen LogP contribution in [0.25, 0.3) is 0 Å². The molecule has 1 amide bonds. The average molecular weight is 377 g/mol. The summed E-state index contributed by atoms with van der Waals surface area (Å²) < 4.78 is 26.3. The SMILES string of the molecule is O=C(Cc1ccc(Cl)cc1)N1CC2(CN(Cc3ccc(F)c(F)c3)C2)C1. The maximum Gasteiger partial charge on any atom is 0.227 e. The molecule has 2 aliphatic rings. The van der Waals surface area contributed by atoms with Gasteiger partial charge in [0.2, 0.25) is 5.91 Å². The number of benzene rings is 2. The van der Waals surface area contributed by atoms with Gasteiger partial charge in [-0.3, -0.25) is 9.69 Å². The average Bonchev–Trinajstić information content (AvgIpc) is 2.54. The number of likely N-dealkylation sites (tertiary alicyclic amines) is 2. The molecular formula is C20H19ClF2N2O. The molecule has 136 valence electrons. The number of amides is 1. The molecule has 0 aromatic heterocycles. The third-order valence-electron chi connectivity index (χ3n) is 5.18. The molecule has 2 aromatic carbocycles. The van der Waals surface area contributed by atoms with Gasteiger partial charge in [0, 0.05) is 43.2 Å². The largest absolute Gasteiger partial charge is 0.341 e. The van der Waals surface area contributed by atoms with Gasteiger partial charge in [-0.05, 0) is 35.4 Å². The summed E-state index contributed by atoms with van der Waals surface area (Å²) in [5, 5.41) is 0.666. The first-order chi connectivity index (χ1) is 12.4. The molecule has 1 spiro atoms. The van der Waals surface area contributed by atoms with Gasteiger partial charge in [-0.25, -0.2) is 8.78 Å². The van der Waals surface area contributed by atoms with E-state index in [0.29, 0.717) is 18.0 Å². The Kier molecular flexibility index (Phi) is 4.45. The maximum absolute atomic E-state index is 13.3. The summed E-state index contributed by atoms with van der Waals surface area (Å²) in [5.74, 6) is -1.49. The second kappa shape index (κ2) is 6.63. The van der Waals surface area contributed by atoms with Gasteiger partial charge in [0.25, 0.3) is 0 Å². The predicted molar refractivity (Wildman–Crippen MR) is 95.8 cm³/mol. The Bertz CT molecular complexity index is 826. The number of nitrogens with zero attached hydrogens (tertiary/aromatic N) is 2. The van der Waals surface area contributed by atoms with Crippen LogP contribution in [-0.4, -0.2) is 41.9 Å². The highest BCUT2D eigenvalue weighted by atomic mass is 35.5. The molecule has 0 bridgehead atoms. The van der Waals surface area contributed by atoms with Crippen molar-refractivity contribution in [2.24, 2.45) is 5.41 Å². The van der Waals surface area contributed by atoms with E-state index in [2.05, 4.69) is 4.90 Å². The second-order valence-electron chi connectivity index (χ2n) is 7.45. The van der Waals surface area contributed by atoms with E-state index in [1.165, 1.54) is 12.1 Å². The third kappa shape index (κ3) is 3.46. The van der Waals surface area contributed by atoms with Crippen molar-refractivity contribution in [2.45, 2.75) is 13.0 Å². The van der Waals surface area contributed by atoms with Crippen LogP contribution in [0.3, 0.4) is 0 Å². The quantitative estimate of drug-likeness (QED) is 0.815. The lowest BCUT2D eigenvalue weighted by atomic mass is 9.72. The first-order valence-corrected chi connectivity index (χ1v) is 8.99. The van der Waals surface area contributed by atoms with Gasteiger partial charge < -0.3 is 4.90 Å². The molecule has 0 atom stereocenters. The molecule has 0 N–H and O–H groups in total. The van der Waals surface area contributed by atoms with Crippen molar-refractivity contribution >= 4 is 17.5 Å². The van der Waals surface area contributed by atoms with Crippen molar-refractivity contribution in [1.29, 1.82) is 0 Å². The fourth-order valence-electron chi connectivity index (χ4n) is 3.94. The number of hydrogen-bond donors (Lipinski definition) is 0. The van der Waals surface area contributed by atoms with Gasteiger partial charge in [0.1, 0.15) is 0 Å². The minimum atomic E-state index is -0.817. The van der Waals surface area contributed by atoms with Gasteiger partial charge >= 0.3 is 0 Å². The molecule has 0 radical (unpaired) electrons. The van der Waals surface area contributed by atoms with Crippen molar-refractivity contribution < 1.29 is 13.6 Å². The van der Waals surface area contributed by atoms with Crippen LogP contribution in [0.4, 0.5) is 8.78 Å². The number of hydrogen-bond acceptors (Lipinski definition) is 2. The first kappa shape index (κ1) is 17.4. The van der Waals surface area contributed by atoms with E-state index >= 15 is 0 Å². The summed E-state index contributed by atoms with van der Waals surface area (Å²) in [6, 6.07) is 11.4. The lowest BCUT2D eigenvalue weighted by molar-refractivity contribution is -0.159. The van der Waals surface area contributed by atoms with Crippen LogP contribution in [-0.2, 0) is 17.8 Å². The Morgan fingerprint density at radius 1 is 0.962 bits per heavy atom. The van der Waals surface area contributed by atoms with Gasteiger partial charge in [-0.2, -0.15) is 0 Å². The highest BCUT2D eigenvalue weighted by Gasteiger charge is 2.52. The molecule has 26 heavy (non-hydrogen) atoms. The van der Waals surface area contributed by atoms with Crippen LogP contribution < -0.4 is 0 Å². The molecule has 0 saturated carbocycles. The Hall–Kier alpha value is -1.98.